The Morgan fingerprint density at radius 1 is 1.11 bits per heavy atom. The van der Waals surface area contributed by atoms with E-state index in [1.54, 1.807) is 18.2 Å². The molecule has 2 rings (SSSR count). The first-order chi connectivity index (χ1) is 13.1. The number of ether oxygens (including phenoxy) is 2. The van der Waals surface area contributed by atoms with Crippen molar-refractivity contribution in [3.05, 3.63) is 65.7 Å². The molecule has 3 N–H and O–H groups in total. The standard InChI is InChI=1S/C21H27NO5/c1-2-13-26-18-10-6-9-17(14-18)20(24)19(23)11-12-22-21(25)27-15-16-7-4-3-5-8-16/h3-10,14,19-20,23-24H,2,11-13,15H2,1H3,(H,22,25). The van der Waals surface area contributed by atoms with Crippen LogP contribution in [0.15, 0.2) is 54.6 Å². The minimum Gasteiger partial charge on any atom is -0.494 e. The van der Waals surface area contributed by atoms with Gasteiger partial charge in [0.05, 0.1) is 12.7 Å². The minimum atomic E-state index is -1.06. The minimum absolute atomic E-state index is 0.183. The van der Waals surface area contributed by atoms with Crippen LogP contribution in [0.5, 0.6) is 5.75 Å². The molecular formula is C21H27NO5. The smallest absolute Gasteiger partial charge is 0.407 e. The summed E-state index contributed by atoms with van der Waals surface area (Å²) in [6.45, 7) is 2.98. The molecule has 146 valence electrons. The van der Waals surface area contributed by atoms with E-state index in [0.717, 1.165) is 12.0 Å². The van der Waals surface area contributed by atoms with Crippen molar-refractivity contribution in [2.24, 2.45) is 0 Å². The van der Waals surface area contributed by atoms with Crippen LogP contribution in [0, 0.1) is 0 Å². The van der Waals surface area contributed by atoms with Crippen LogP contribution in [0.4, 0.5) is 4.79 Å². The van der Waals surface area contributed by atoms with Gasteiger partial charge >= 0.3 is 6.09 Å². The number of carbonyl (C=O) groups is 1. The fraction of sp³-hybridized carbons (Fsp3) is 0.381. The molecule has 0 spiro atoms. The maximum Gasteiger partial charge on any atom is 0.407 e. The molecule has 27 heavy (non-hydrogen) atoms. The molecule has 0 fully saturated rings. The van der Waals surface area contributed by atoms with Crippen molar-refractivity contribution in [3.63, 3.8) is 0 Å². The Labute approximate surface area is 159 Å². The molecule has 2 unspecified atom stereocenters. The van der Waals surface area contributed by atoms with Gasteiger partial charge in [-0.25, -0.2) is 4.79 Å². The maximum atomic E-state index is 11.7. The van der Waals surface area contributed by atoms with Crippen LogP contribution in [-0.2, 0) is 11.3 Å². The largest absolute Gasteiger partial charge is 0.494 e. The summed E-state index contributed by atoms with van der Waals surface area (Å²) in [5, 5.41) is 23.1. The highest BCUT2D eigenvalue weighted by molar-refractivity contribution is 5.67. The van der Waals surface area contributed by atoms with Gasteiger partial charge in [0.25, 0.3) is 0 Å². The molecule has 2 aromatic rings. The van der Waals surface area contributed by atoms with Gasteiger partial charge in [-0.05, 0) is 36.1 Å². The van der Waals surface area contributed by atoms with Crippen LogP contribution >= 0.6 is 0 Å². The molecule has 1 amide bonds. The predicted molar refractivity (Wildman–Crippen MR) is 102 cm³/mol. The van der Waals surface area contributed by atoms with Crippen molar-refractivity contribution < 1.29 is 24.5 Å². The zero-order chi connectivity index (χ0) is 19.5. The second-order valence-electron chi connectivity index (χ2n) is 6.21. The second-order valence-corrected chi connectivity index (χ2v) is 6.21. The van der Waals surface area contributed by atoms with Crippen LogP contribution in [0.2, 0.25) is 0 Å². The molecule has 0 saturated carbocycles. The fourth-order valence-electron chi connectivity index (χ4n) is 2.48. The number of hydrogen-bond donors (Lipinski definition) is 3. The molecule has 0 radical (unpaired) electrons. The van der Waals surface area contributed by atoms with Crippen LogP contribution in [0.3, 0.4) is 0 Å². The monoisotopic (exact) mass is 373 g/mol. The van der Waals surface area contributed by atoms with E-state index < -0.39 is 18.3 Å². The molecule has 0 aliphatic carbocycles. The second kappa shape index (κ2) is 11.2. The Balaban J connectivity index is 1.72. The molecule has 0 aliphatic heterocycles. The lowest BCUT2D eigenvalue weighted by Crippen LogP contribution is -2.29. The highest BCUT2D eigenvalue weighted by Crippen LogP contribution is 2.23. The maximum absolute atomic E-state index is 11.7. The summed E-state index contributed by atoms with van der Waals surface area (Å²) in [7, 11) is 0. The Morgan fingerprint density at radius 3 is 2.63 bits per heavy atom. The lowest BCUT2D eigenvalue weighted by Gasteiger charge is -2.19. The Morgan fingerprint density at radius 2 is 1.89 bits per heavy atom. The number of rotatable bonds is 10. The van der Waals surface area contributed by atoms with Gasteiger partial charge in [-0.15, -0.1) is 0 Å². The molecule has 2 atom stereocenters. The normalized spacial score (nSPS) is 12.9. The highest BCUT2D eigenvalue weighted by Gasteiger charge is 2.19. The molecule has 2 aromatic carbocycles. The number of benzene rings is 2. The van der Waals surface area contributed by atoms with Gasteiger partial charge in [0.15, 0.2) is 0 Å². The Bertz CT molecular complexity index is 692. The molecule has 6 heteroatoms. The van der Waals surface area contributed by atoms with Crippen molar-refractivity contribution >= 4 is 6.09 Å². The predicted octanol–water partition coefficient (Wildman–Crippen LogP) is 3.19. The number of hydrogen-bond acceptors (Lipinski definition) is 5. The number of carbonyl (C=O) groups excluding carboxylic acids is 1. The van der Waals surface area contributed by atoms with Gasteiger partial charge in [-0.2, -0.15) is 0 Å². The quantitative estimate of drug-likeness (QED) is 0.595. The van der Waals surface area contributed by atoms with Crippen molar-refractivity contribution in [1.29, 1.82) is 0 Å². The van der Waals surface area contributed by atoms with Crippen LogP contribution in [-0.4, -0.2) is 35.6 Å². The molecular weight excluding hydrogens is 346 g/mol. The summed E-state index contributed by atoms with van der Waals surface area (Å²) < 4.78 is 10.6. The average molecular weight is 373 g/mol. The number of aliphatic hydroxyl groups excluding tert-OH is 2. The first kappa shape index (κ1) is 20.7. The molecule has 6 nitrogen and oxygen atoms in total. The number of amides is 1. The summed E-state index contributed by atoms with van der Waals surface area (Å²) in [4.78, 5) is 11.7. The number of aliphatic hydroxyl groups is 2. The lowest BCUT2D eigenvalue weighted by molar-refractivity contribution is 0.0135. The summed E-state index contributed by atoms with van der Waals surface area (Å²) in [5.74, 6) is 0.656. The van der Waals surface area contributed by atoms with Gasteiger partial charge in [0.1, 0.15) is 18.5 Å². The van der Waals surface area contributed by atoms with E-state index in [1.165, 1.54) is 0 Å². The zero-order valence-electron chi connectivity index (χ0n) is 15.5. The average Bonchev–Trinajstić information content (AvgIpc) is 2.71. The van der Waals surface area contributed by atoms with E-state index in [-0.39, 0.29) is 19.6 Å². The fourth-order valence-corrected chi connectivity index (χ4v) is 2.48. The van der Waals surface area contributed by atoms with E-state index in [4.69, 9.17) is 9.47 Å². The Hall–Kier alpha value is -2.57. The van der Waals surface area contributed by atoms with Crippen molar-refractivity contribution in [2.45, 2.75) is 38.6 Å². The Kier molecular flexibility index (Phi) is 8.61. The van der Waals surface area contributed by atoms with Gasteiger partial charge in [-0.1, -0.05) is 49.4 Å². The molecule has 0 saturated heterocycles. The van der Waals surface area contributed by atoms with E-state index in [9.17, 15) is 15.0 Å². The topological polar surface area (TPSA) is 88.0 Å². The molecule has 0 aromatic heterocycles. The molecule has 0 heterocycles. The SMILES string of the molecule is CCCOc1cccc(C(O)C(O)CCNC(=O)OCc2ccccc2)c1. The summed E-state index contributed by atoms with van der Waals surface area (Å²) >= 11 is 0. The van der Waals surface area contributed by atoms with E-state index in [1.807, 2.05) is 43.3 Å². The zero-order valence-corrected chi connectivity index (χ0v) is 15.5. The first-order valence-corrected chi connectivity index (χ1v) is 9.13. The third-order valence-corrected chi connectivity index (χ3v) is 3.96. The van der Waals surface area contributed by atoms with Crippen LogP contribution < -0.4 is 10.1 Å². The summed E-state index contributed by atoms with van der Waals surface area (Å²) in [6, 6.07) is 16.4. The number of nitrogens with one attached hydrogen (secondary N) is 1. The van der Waals surface area contributed by atoms with Gasteiger partial charge in [0, 0.05) is 6.54 Å². The molecule has 0 aliphatic rings. The van der Waals surface area contributed by atoms with Crippen LogP contribution in [0.1, 0.15) is 37.0 Å². The van der Waals surface area contributed by atoms with E-state index >= 15 is 0 Å². The van der Waals surface area contributed by atoms with Crippen molar-refractivity contribution in [3.8, 4) is 5.75 Å². The van der Waals surface area contributed by atoms with Gasteiger partial charge < -0.3 is 25.0 Å². The first-order valence-electron chi connectivity index (χ1n) is 9.13. The van der Waals surface area contributed by atoms with Gasteiger partial charge in [-0.3, -0.25) is 0 Å². The molecule has 0 bridgehead atoms. The van der Waals surface area contributed by atoms with Crippen molar-refractivity contribution in [2.75, 3.05) is 13.2 Å². The highest BCUT2D eigenvalue weighted by atomic mass is 16.5. The van der Waals surface area contributed by atoms with Gasteiger partial charge in [0.2, 0.25) is 0 Å². The third kappa shape index (κ3) is 7.29. The van der Waals surface area contributed by atoms with E-state index in [0.29, 0.717) is 17.9 Å². The third-order valence-electron chi connectivity index (χ3n) is 3.96. The summed E-state index contributed by atoms with van der Waals surface area (Å²) in [6.07, 6.45) is -1.54. The van der Waals surface area contributed by atoms with Crippen LogP contribution in [0.25, 0.3) is 0 Å². The van der Waals surface area contributed by atoms with E-state index in [2.05, 4.69) is 5.32 Å². The van der Waals surface area contributed by atoms with Crippen molar-refractivity contribution in [1.82, 2.24) is 5.32 Å². The summed E-state index contributed by atoms with van der Waals surface area (Å²) in [5.41, 5.74) is 1.47. The number of alkyl carbamates (subject to hydrolysis) is 1. The lowest BCUT2D eigenvalue weighted by atomic mass is 10.0.